The van der Waals surface area contributed by atoms with Gasteiger partial charge in [-0.2, -0.15) is 13.2 Å². The monoisotopic (exact) mass is 364 g/mol. The van der Waals surface area contributed by atoms with E-state index in [0.29, 0.717) is 13.0 Å². The average molecular weight is 365 g/mol. The second-order valence-corrected chi connectivity index (χ2v) is 5.69. The van der Waals surface area contributed by atoms with E-state index in [1.807, 2.05) is 0 Å². The minimum absolute atomic E-state index is 0.0596. The average Bonchev–Trinajstić information content (AvgIpc) is 2.86. The molecular weight excluding hydrogens is 353 g/mol. The Balaban J connectivity index is 2.23. The third-order valence-electron chi connectivity index (χ3n) is 3.40. The molecule has 2 rings (SSSR count). The van der Waals surface area contributed by atoms with Gasteiger partial charge in [-0.3, -0.25) is 9.59 Å². The van der Waals surface area contributed by atoms with E-state index in [1.165, 1.54) is 17.0 Å². The van der Waals surface area contributed by atoms with E-state index >= 15 is 0 Å². The number of likely N-dealkylation sites (tertiary alicyclic amines) is 1. The Morgan fingerprint density at radius 3 is 2.52 bits per heavy atom. The Labute approximate surface area is 127 Å². The molecule has 1 fully saturated rings. The predicted molar refractivity (Wildman–Crippen MR) is 72.3 cm³/mol. The van der Waals surface area contributed by atoms with Gasteiger partial charge in [-0.05, 0) is 24.6 Å². The van der Waals surface area contributed by atoms with Crippen LogP contribution >= 0.6 is 15.9 Å². The van der Waals surface area contributed by atoms with Gasteiger partial charge in [0.05, 0.1) is 11.5 Å². The summed E-state index contributed by atoms with van der Waals surface area (Å²) in [6.07, 6.45) is -4.11. The maximum Gasteiger partial charge on any atom is 0.417 e. The molecule has 1 aromatic carbocycles. The first-order valence-electron chi connectivity index (χ1n) is 6.15. The van der Waals surface area contributed by atoms with E-state index in [2.05, 4.69) is 15.9 Å². The molecule has 1 unspecified atom stereocenters. The van der Waals surface area contributed by atoms with Crippen LogP contribution in [0, 0.1) is 5.92 Å². The van der Waals surface area contributed by atoms with Gasteiger partial charge in [0.15, 0.2) is 0 Å². The SMILES string of the molecule is NC(=O)C1CCN(C(=O)c2ccc(Br)c(C(F)(F)F)c2)C1. The van der Waals surface area contributed by atoms with Gasteiger partial charge >= 0.3 is 6.18 Å². The summed E-state index contributed by atoms with van der Waals surface area (Å²) < 4.78 is 38.3. The van der Waals surface area contributed by atoms with Crippen molar-refractivity contribution in [2.75, 3.05) is 13.1 Å². The molecule has 8 heteroatoms. The van der Waals surface area contributed by atoms with Crippen LogP contribution in [0.4, 0.5) is 13.2 Å². The first-order valence-corrected chi connectivity index (χ1v) is 6.95. The van der Waals surface area contributed by atoms with Crippen LogP contribution in [0.2, 0.25) is 0 Å². The third-order valence-corrected chi connectivity index (χ3v) is 4.09. The van der Waals surface area contributed by atoms with Crippen molar-refractivity contribution in [1.82, 2.24) is 4.90 Å². The fourth-order valence-electron chi connectivity index (χ4n) is 2.24. The summed E-state index contributed by atoms with van der Waals surface area (Å²) >= 11 is 2.82. The summed E-state index contributed by atoms with van der Waals surface area (Å²) in [6.45, 7) is 0.454. The minimum Gasteiger partial charge on any atom is -0.369 e. The van der Waals surface area contributed by atoms with E-state index in [1.54, 1.807) is 0 Å². The number of nitrogens with zero attached hydrogens (tertiary/aromatic N) is 1. The fourth-order valence-corrected chi connectivity index (χ4v) is 2.71. The molecule has 1 aliphatic heterocycles. The van der Waals surface area contributed by atoms with E-state index in [9.17, 15) is 22.8 Å². The summed E-state index contributed by atoms with van der Waals surface area (Å²) in [5, 5.41) is 0. The number of primary amides is 1. The van der Waals surface area contributed by atoms with Crippen LogP contribution in [0.5, 0.6) is 0 Å². The molecule has 0 spiro atoms. The molecule has 21 heavy (non-hydrogen) atoms. The molecule has 0 radical (unpaired) electrons. The van der Waals surface area contributed by atoms with Gasteiger partial charge in [0.2, 0.25) is 5.91 Å². The zero-order valence-corrected chi connectivity index (χ0v) is 12.4. The summed E-state index contributed by atoms with van der Waals surface area (Å²) in [5.74, 6) is -1.47. The zero-order chi connectivity index (χ0) is 15.8. The number of carbonyl (C=O) groups is 2. The number of carbonyl (C=O) groups excluding carboxylic acids is 2. The van der Waals surface area contributed by atoms with Crippen molar-refractivity contribution < 1.29 is 22.8 Å². The molecular formula is C13H12BrF3N2O2. The maximum atomic E-state index is 12.8. The lowest BCUT2D eigenvalue weighted by atomic mass is 10.1. The van der Waals surface area contributed by atoms with Crippen LogP contribution in [0.25, 0.3) is 0 Å². The van der Waals surface area contributed by atoms with Crippen LogP contribution in [0.1, 0.15) is 22.3 Å². The van der Waals surface area contributed by atoms with Crippen LogP contribution in [0.3, 0.4) is 0 Å². The Kier molecular flexibility index (Phi) is 4.27. The summed E-state index contributed by atoms with van der Waals surface area (Å²) in [7, 11) is 0. The summed E-state index contributed by atoms with van der Waals surface area (Å²) in [5.41, 5.74) is 4.20. The van der Waals surface area contributed by atoms with Crippen LogP contribution < -0.4 is 5.73 Å². The van der Waals surface area contributed by atoms with Gasteiger partial charge in [0, 0.05) is 23.1 Å². The number of amides is 2. The van der Waals surface area contributed by atoms with Gasteiger partial charge in [0.25, 0.3) is 5.91 Å². The molecule has 1 aliphatic rings. The van der Waals surface area contributed by atoms with Gasteiger partial charge in [-0.25, -0.2) is 0 Å². The Bertz CT molecular complexity index is 589. The molecule has 2 N–H and O–H groups in total. The van der Waals surface area contributed by atoms with Crippen LogP contribution in [-0.2, 0) is 11.0 Å². The smallest absolute Gasteiger partial charge is 0.369 e. The lowest BCUT2D eigenvalue weighted by molar-refractivity contribution is -0.138. The van der Waals surface area contributed by atoms with E-state index in [0.717, 1.165) is 6.07 Å². The van der Waals surface area contributed by atoms with Crippen LogP contribution in [-0.4, -0.2) is 29.8 Å². The highest BCUT2D eigenvalue weighted by Crippen LogP contribution is 2.35. The highest BCUT2D eigenvalue weighted by Gasteiger charge is 2.35. The van der Waals surface area contributed by atoms with Crippen molar-refractivity contribution in [2.24, 2.45) is 11.7 Å². The van der Waals surface area contributed by atoms with E-state index in [4.69, 9.17) is 5.73 Å². The second kappa shape index (κ2) is 5.67. The molecule has 0 bridgehead atoms. The molecule has 0 saturated carbocycles. The minimum atomic E-state index is -4.55. The van der Waals surface area contributed by atoms with Crippen molar-refractivity contribution in [2.45, 2.75) is 12.6 Å². The van der Waals surface area contributed by atoms with Crippen molar-refractivity contribution >= 4 is 27.7 Å². The largest absolute Gasteiger partial charge is 0.417 e. The van der Waals surface area contributed by atoms with Gasteiger partial charge in [-0.1, -0.05) is 15.9 Å². The number of rotatable bonds is 2. The second-order valence-electron chi connectivity index (χ2n) is 4.83. The summed E-state index contributed by atoms with van der Waals surface area (Å²) in [6, 6.07) is 3.32. The third kappa shape index (κ3) is 3.37. The molecule has 1 aromatic rings. The van der Waals surface area contributed by atoms with Crippen LogP contribution in [0.15, 0.2) is 22.7 Å². The zero-order valence-electron chi connectivity index (χ0n) is 10.8. The number of hydrogen-bond acceptors (Lipinski definition) is 2. The molecule has 0 aromatic heterocycles. The van der Waals surface area contributed by atoms with Gasteiger partial charge < -0.3 is 10.6 Å². The highest BCUT2D eigenvalue weighted by molar-refractivity contribution is 9.10. The lowest BCUT2D eigenvalue weighted by Crippen LogP contribution is -2.31. The molecule has 4 nitrogen and oxygen atoms in total. The Morgan fingerprint density at radius 2 is 2.00 bits per heavy atom. The highest BCUT2D eigenvalue weighted by atomic mass is 79.9. The first-order chi connectivity index (χ1) is 9.70. The van der Waals surface area contributed by atoms with E-state index < -0.39 is 29.5 Å². The summed E-state index contributed by atoms with van der Waals surface area (Å²) in [4.78, 5) is 24.6. The van der Waals surface area contributed by atoms with Gasteiger partial charge in [0.1, 0.15) is 0 Å². The van der Waals surface area contributed by atoms with Crippen molar-refractivity contribution in [3.05, 3.63) is 33.8 Å². The normalized spacial score (nSPS) is 18.9. The van der Waals surface area contributed by atoms with E-state index in [-0.39, 0.29) is 16.6 Å². The van der Waals surface area contributed by atoms with Gasteiger partial charge in [-0.15, -0.1) is 0 Å². The Hall–Kier alpha value is -1.57. The fraction of sp³-hybridized carbons (Fsp3) is 0.385. The van der Waals surface area contributed by atoms with Crippen molar-refractivity contribution in [3.63, 3.8) is 0 Å². The number of benzene rings is 1. The molecule has 0 aliphatic carbocycles. The van der Waals surface area contributed by atoms with Crippen molar-refractivity contribution in [1.29, 1.82) is 0 Å². The Morgan fingerprint density at radius 1 is 1.33 bits per heavy atom. The first kappa shape index (κ1) is 15.8. The number of hydrogen-bond donors (Lipinski definition) is 1. The quantitative estimate of drug-likeness (QED) is 0.875. The molecule has 114 valence electrons. The number of nitrogens with two attached hydrogens (primary N) is 1. The lowest BCUT2D eigenvalue weighted by Gasteiger charge is -2.17. The molecule has 1 saturated heterocycles. The number of halogens is 4. The molecule has 1 heterocycles. The predicted octanol–water partition coefficient (Wildman–Crippen LogP) is 2.42. The maximum absolute atomic E-state index is 12.8. The standard InChI is InChI=1S/C13H12BrF3N2O2/c14-10-2-1-7(5-9(10)13(15,16)17)12(21)19-4-3-8(6-19)11(18)20/h1-2,5,8H,3-4,6H2,(H2,18,20). The molecule has 2 amide bonds. The number of alkyl halides is 3. The van der Waals surface area contributed by atoms with Crippen molar-refractivity contribution in [3.8, 4) is 0 Å². The topological polar surface area (TPSA) is 63.4 Å². The molecule has 1 atom stereocenters.